The van der Waals surface area contributed by atoms with Crippen molar-refractivity contribution in [3.63, 3.8) is 0 Å². The fourth-order valence-corrected chi connectivity index (χ4v) is 2.09. The summed E-state index contributed by atoms with van der Waals surface area (Å²) in [6, 6.07) is 15.1. The van der Waals surface area contributed by atoms with E-state index >= 15 is 0 Å². The summed E-state index contributed by atoms with van der Waals surface area (Å²) < 4.78 is 5.10. The van der Waals surface area contributed by atoms with Crippen LogP contribution in [0.15, 0.2) is 54.7 Å². The first kappa shape index (κ1) is 14.0. The van der Waals surface area contributed by atoms with E-state index in [9.17, 15) is 4.79 Å². The lowest BCUT2D eigenvalue weighted by Crippen LogP contribution is -2.24. The normalized spacial score (nSPS) is 10.4. The zero-order valence-electron chi connectivity index (χ0n) is 12.1. The largest absolute Gasteiger partial charge is 0.497 e. The molecule has 0 bridgehead atoms. The Labute approximate surface area is 128 Å². The molecule has 0 atom stereocenters. The molecule has 1 amide bonds. The van der Waals surface area contributed by atoms with Crippen molar-refractivity contribution >= 4 is 16.8 Å². The van der Waals surface area contributed by atoms with Crippen LogP contribution in [0.1, 0.15) is 16.2 Å². The SMILES string of the molecule is COc1ccc(CNC(=O)c2ncc3ccccc3n2)cc1. The highest BCUT2D eigenvalue weighted by molar-refractivity contribution is 5.92. The summed E-state index contributed by atoms with van der Waals surface area (Å²) in [5.74, 6) is 0.668. The molecule has 0 aliphatic rings. The first-order chi connectivity index (χ1) is 10.8. The number of para-hydroxylation sites is 1. The number of carbonyl (C=O) groups is 1. The predicted molar refractivity (Wildman–Crippen MR) is 83.7 cm³/mol. The highest BCUT2D eigenvalue weighted by Crippen LogP contribution is 2.12. The molecule has 0 radical (unpaired) electrons. The first-order valence-corrected chi connectivity index (χ1v) is 6.89. The molecular weight excluding hydrogens is 278 g/mol. The lowest BCUT2D eigenvalue weighted by molar-refractivity contribution is 0.0941. The van der Waals surface area contributed by atoms with Crippen molar-refractivity contribution in [3.8, 4) is 5.75 Å². The van der Waals surface area contributed by atoms with Crippen molar-refractivity contribution in [2.45, 2.75) is 6.54 Å². The van der Waals surface area contributed by atoms with E-state index in [0.29, 0.717) is 6.54 Å². The van der Waals surface area contributed by atoms with E-state index in [1.54, 1.807) is 13.3 Å². The van der Waals surface area contributed by atoms with Gasteiger partial charge in [-0.2, -0.15) is 0 Å². The Bertz CT molecular complexity index is 800. The smallest absolute Gasteiger partial charge is 0.289 e. The number of benzene rings is 2. The van der Waals surface area contributed by atoms with E-state index in [4.69, 9.17) is 4.74 Å². The van der Waals surface area contributed by atoms with Gasteiger partial charge >= 0.3 is 0 Å². The molecule has 3 aromatic rings. The van der Waals surface area contributed by atoms with Gasteiger partial charge in [-0.15, -0.1) is 0 Å². The number of amides is 1. The third kappa shape index (κ3) is 3.03. The lowest BCUT2D eigenvalue weighted by atomic mass is 10.2. The van der Waals surface area contributed by atoms with Crippen molar-refractivity contribution in [1.82, 2.24) is 15.3 Å². The minimum atomic E-state index is -0.290. The summed E-state index contributed by atoms with van der Waals surface area (Å²) in [7, 11) is 1.62. The molecule has 0 unspecified atom stereocenters. The minimum absolute atomic E-state index is 0.173. The van der Waals surface area contributed by atoms with E-state index in [1.807, 2.05) is 48.5 Å². The molecule has 3 rings (SSSR count). The molecule has 110 valence electrons. The van der Waals surface area contributed by atoms with Gasteiger partial charge in [0.2, 0.25) is 5.82 Å². The maximum Gasteiger partial charge on any atom is 0.289 e. The van der Waals surface area contributed by atoms with Crippen LogP contribution in [0.3, 0.4) is 0 Å². The van der Waals surface area contributed by atoms with Crippen LogP contribution < -0.4 is 10.1 Å². The van der Waals surface area contributed by atoms with Crippen molar-refractivity contribution in [3.05, 3.63) is 66.1 Å². The lowest BCUT2D eigenvalue weighted by Gasteiger charge is -2.06. The average Bonchev–Trinajstić information content (AvgIpc) is 2.59. The van der Waals surface area contributed by atoms with E-state index in [0.717, 1.165) is 22.2 Å². The number of hydrogen-bond donors (Lipinski definition) is 1. The molecule has 0 saturated carbocycles. The second-order valence-electron chi connectivity index (χ2n) is 4.78. The maximum atomic E-state index is 12.1. The van der Waals surface area contributed by atoms with Gasteiger partial charge in [0.15, 0.2) is 0 Å². The Hall–Kier alpha value is -2.95. The van der Waals surface area contributed by atoms with Gasteiger partial charge in [-0.25, -0.2) is 9.97 Å². The second-order valence-corrected chi connectivity index (χ2v) is 4.78. The molecule has 0 aliphatic carbocycles. The molecule has 22 heavy (non-hydrogen) atoms. The summed E-state index contributed by atoms with van der Waals surface area (Å²) >= 11 is 0. The number of hydrogen-bond acceptors (Lipinski definition) is 4. The van der Waals surface area contributed by atoms with Crippen LogP contribution >= 0.6 is 0 Å². The summed E-state index contributed by atoms with van der Waals surface area (Å²) in [5, 5.41) is 3.72. The number of carbonyl (C=O) groups excluding carboxylic acids is 1. The minimum Gasteiger partial charge on any atom is -0.497 e. The van der Waals surface area contributed by atoms with Gasteiger partial charge in [-0.05, 0) is 23.8 Å². The van der Waals surface area contributed by atoms with E-state index in [2.05, 4.69) is 15.3 Å². The molecule has 0 aliphatic heterocycles. The molecule has 1 aromatic heterocycles. The van der Waals surface area contributed by atoms with Crippen molar-refractivity contribution < 1.29 is 9.53 Å². The van der Waals surface area contributed by atoms with Crippen LogP contribution in [-0.2, 0) is 6.54 Å². The Morgan fingerprint density at radius 2 is 1.91 bits per heavy atom. The molecular formula is C17H15N3O2. The summed E-state index contributed by atoms with van der Waals surface area (Å²) in [6.07, 6.45) is 1.66. The first-order valence-electron chi connectivity index (χ1n) is 6.89. The van der Waals surface area contributed by atoms with E-state index in [1.165, 1.54) is 0 Å². The number of ether oxygens (including phenoxy) is 1. The fraction of sp³-hybridized carbons (Fsp3) is 0.118. The van der Waals surface area contributed by atoms with Crippen LogP contribution in [0, 0.1) is 0 Å². The van der Waals surface area contributed by atoms with E-state index < -0.39 is 0 Å². The quantitative estimate of drug-likeness (QED) is 0.803. The van der Waals surface area contributed by atoms with Gasteiger partial charge in [-0.1, -0.05) is 30.3 Å². The van der Waals surface area contributed by atoms with Crippen LogP contribution in [0.25, 0.3) is 10.9 Å². The Kier molecular flexibility index (Phi) is 3.96. The van der Waals surface area contributed by atoms with Crippen molar-refractivity contribution in [2.75, 3.05) is 7.11 Å². The summed E-state index contributed by atoms with van der Waals surface area (Å²) in [6.45, 7) is 0.416. The molecule has 0 saturated heterocycles. The number of methoxy groups -OCH3 is 1. The maximum absolute atomic E-state index is 12.1. The number of nitrogens with zero attached hydrogens (tertiary/aromatic N) is 2. The topological polar surface area (TPSA) is 64.1 Å². The second kappa shape index (κ2) is 6.22. The number of aromatic nitrogens is 2. The molecule has 0 fully saturated rings. The number of fused-ring (bicyclic) bond motifs is 1. The van der Waals surface area contributed by atoms with Gasteiger partial charge in [-0.3, -0.25) is 4.79 Å². The molecule has 5 heteroatoms. The number of rotatable bonds is 4. The third-order valence-electron chi connectivity index (χ3n) is 3.30. The van der Waals surface area contributed by atoms with Gasteiger partial charge < -0.3 is 10.1 Å². The monoisotopic (exact) mass is 293 g/mol. The van der Waals surface area contributed by atoms with Crippen LogP contribution in [0.5, 0.6) is 5.75 Å². The highest BCUT2D eigenvalue weighted by Gasteiger charge is 2.09. The van der Waals surface area contributed by atoms with Crippen LogP contribution in [0.2, 0.25) is 0 Å². The molecule has 2 aromatic carbocycles. The van der Waals surface area contributed by atoms with Crippen LogP contribution in [0.4, 0.5) is 0 Å². The van der Waals surface area contributed by atoms with Gasteiger partial charge in [0.25, 0.3) is 5.91 Å². The van der Waals surface area contributed by atoms with Gasteiger partial charge in [0.1, 0.15) is 5.75 Å². The Morgan fingerprint density at radius 3 is 2.68 bits per heavy atom. The van der Waals surface area contributed by atoms with Crippen LogP contribution in [-0.4, -0.2) is 23.0 Å². The predicted octanol–water partition coefficient (Wildman–Crippen LogP) is 2.57. The summed E-state index contributed by atoms with van der Waals surface area (Å²) in [4.78, 5) is 20.5. The van der Waals surface area contributed by atoms with Gasteiger partial charge in [0, 0.05) is 18.1 Å². The standard InChI is InChI=1S/C17H15N3O2/c1-22-14-8-6-12(7-9-14)10-19-17(21)16-18-11-13-4-2-3-5-15(13)20-16/h2-9,11H,10H2,1H3,(H,19,21). The number of nitrogens with one attached hydrogen (secondary N) is 1. The molecule has 1 heterocycles. The zero-order valence-corrected chi connectivity index (χ0v) is 12.1. The molecule has 0 spiro atoms. The highest BCUT2D eigenvalue weighted by atomic mass is 16.5. The third-order valence-corrected chi connectivity index (χ3v) is 3.30. The van der Waals surface area contributed by atoms with Crippen molar-refractivity contribution in [2.24, 2.45) is 0 Å². The van der Waals surface area contributed by atoms with Gasteiger partial charge in [0.05, 0.1) is 12.6 Å². The van der Waals surface area contributed by atoms with E-state index in [-0.39, 0.29) is 11.7 Å². The zero-order chi connectivity index (χ0) is 15.4. The fourth-order valence-electron chi connectivity index (χ4n) is 2.09. The van der Waals surface area contributed by atoms with Crippen molar-refractivity contribution in [1.29, 1.82) is 0 Å². The Morgan fingerprint density at radius 1 is 1.14 bits per heavy atom. The summed E-state index contributed by atoms with van der Waals surface area (Å²) in [5.41, 5.74) is 1.74. The molecule has 5 nitrogen and oxygen atoms in total. The average molecular weight is 293 g/mol. The Balaban J connectivity index is 1.69. The molecule has 1 N–H and O–H groups in total.